The first-order valence-electron chi connectivity index (χ1n) is 7.50. The molecule has 1 amide bonds. The standard InChI is InChI=1S/C18H17Cl2NO4/c1-11-3-8-16(15(20)9-11)21-17(22)10-24-18(23)12(2)25-14-6-4-13(19)5-7-14/h3-9,12H,10H2,1-2H3,(H,21,22)/t12-/m1/s1. The van der Waals surface area contributed by atoms with E-state index in [4.69, 9.17) is 32.7 Å². The van der Waals surface area contributed by atoms with Crippen molar-refractivity contribution < 1.29 is 19.1 Å². The van der Waals surface area contributed by atoms with Crippen LogP contribution in [0.3, 0.4) is 0 Å². The first-order valence-corrected chi connectivity index (χ1v) is 8.25. The van der Waals surface area contributed by atoms with Crippen LogP contribution in [0, 0.1) is 6.92 Å². The van der Waals surface area contributed by atoms with Crippen LogP contribution in [0.1, 0.15) is 12.5 Å². The Bertz CT molecular complexity index is 762. The Hall–Kier alpha value is -2.24. The number of carbonyl (C=O) groups excluding carboxylic acids is 2. The molecule has 5 nitrogen and oxygen atoms in total. The molecule has 2 aromatic carbocycles. The molecule has 0 aliphatic heterocycles. The van der Waals surface area contributed by atoms with Gasteiger partial charge in [-0.3, -0.25) is 4.79 Å². The second-order valence-corrected chi connectivity index (χ2v) is 6.20. The summed E-state index contributed by atoms with van der Waals surface area (Å²) in [4.78, 5) is 23.8. The number of anilines is 1. The van der Waals surface area contributed by atoms with Gasteiger partial charge in [-0.1, -0.05) is 29.3 Å². The van der Waals surface area contributed by atoms with Crippen molar-refractivity contribution in [1.82, 2.24) is 0 Å². The van der Waals surface area contributed by atoms with Gasteiger partial charge in [-0.2, -0.15) is 0 Å². The summed E-state index contributed by atoms with van der Waals surface area (Å²) in [5, 5.41) is 3.56. The zero-order chi connectivity index (χ0) is 18.4. The van der Waals surface area contributed by atoms with E-state index < -0.39 is 24.6 Å². The zero-order valence-electron chi connectivity index (χ0n) is 13.7. The van der Waals surface area contributed by atoms with Gasteiger partial charge in [0.05, 0.1) is 10.7 Å². The number of esters is 1. The predicted octanol–water partition coefficient (Wildman–Crippen LogP) is 4.25. The third kappa shape index (κ3) is 5.96. The Labute approximate surface area is 155 Å². The summed E-state index contributed by atoms with van der Waals surface area (Å²) in [5.41, 5.74) is 1.43. The van der Waals surface area contributed by atoms with Gasteiger partial charge in [-0.25, -0.2) is 4.79 Å². The van der Waals surface area contributed by atoms with Gasteiger partial charge >= 0.3 is 5.97 Å². The van der Waals surface area contributed by atoms with Gasteiger partial charge in [0, 0.05) is 5.02 Å². The molecule has 0 saturated heterocycles. The maximum absolute atomic E-state index is 11.9. The van der Waals surface area contributed by atoms with E-state index in [1.54, 1.807) is 36.4 Å². The summed E-state index contributed by atoms with van der Waals surface area (Å²) in [7, 11) is 0. The van der Waals surface area contributed by atoms with Crippen molar-refractivity contribution in [2.75, 3.05) is 11.9 Å². The first-order chi connectivity index (χ1) is 11.8. The zero-order valence-corrected chi connectivity index (χ0v) is 15.2. The third-order valence-electron chi connectivity index (χ3n) is 3.20. The summed E-state index contributed by atoms with van der Waals surface area (Å²) in [6.45, 7) is 2.99. The molecule has 0 unspecified atom stereocenters. The van der Waals surface area contributed by atoms with Crippen LogP contribution in [0.5, 0.6) is 5.75 Å². The van der Waals surface area contributed by atoms with Crippen molar-refractivity contribution in [3.63, 3.8) is 0 Å². The van der Waals surface area contributed by atoms with Gasteiger partial charge in [0.25, 0.3) is 5.91 Å². The van der Waals surface area contributed by atoms with Crippen molar-refractivity contribution in [2.45, 2.75) is 20.0 Å². The molecule has 25 heavy (non-hydrogen) atoms. The average Bonchev–Trinajstić information content (AvgIpc) is 2.57. The van der Waals surface area contributed by atoms with E-state index in [0.717, 1.165) is 5.56 Å². The lowest BCUT2D eigenvalue weighted by Gasteiger charge is -2.14. The third-order valence-corrected chi connectivity index (χ3v) is 3.77. The summed E-state index contributed by atoms with van der Waals surface area (Å²) in [6, 6.07) is 11.8. The number of aryl methyl sites for hydroxylation is 1. The molecule has 0 aliphatic rings. The highest BCUT2D eigenvalue weighted by Gasteiger charge is 2.18. The van der Waals surface area contributed by atoms with E-state index in [0.29, 0.717) is 21.5 Å². The Morgan fingerprint density at radius 1 is 1.12 bits per heavy atom. The number of amides is 1. The maximum atomic E-state index is 11.9. The predicted molar refractivity (Wildman–Crippen MR) is 97.3 cm³/mol. The molecule has 0 radical (unpaired) electrons. The lowest BCUT2D eigenvalue weighted by Crippen LogP contribution is -2.29. The topological polar surface area (TPSA) is 64.6 Å². The molecule has 0 fully saturated rings. The first kappa shape index (κ1) is 19.1. The Morgan fingerprint density at radius 3 is 2.44 bits per heavy atom. The van der Waals surface area contributed by atoms with E-state index >= 15 is 0 Å². The Balaban J connectivity index is 1.82. The summed E-state index contributed by atoms with van der Waals surface area (Å²) >= 11 is 11.8. The summed E-state index contributed by atoms with van der Waals surface area (Å²) in [5.74, 6) is -0.664. The van der Waals surface area contributed by atoms with Crippen molar-refractivity contribution in [1.29, 1.82) is 0 Å². The highest BCUT2D eigenvalue weighted by Crippen LogP contribution is 2.22. The molecule has 0 heterocycles. The number of benzene rings is 2. The van der Waals surface area contributed by atoms with Crippen LogP contribution in [-0.4, -0.2) is 24.6 Å². The van der Waals surface area contributed by atoms with Crippen molar-refractivity contribution >= 4 is 40.8 Å². The normalized spacial score (nSPS) is 11.5. The number of ether oxygens (including phenoxy) is 2. The van der Waals surface area contributed by atoms with Crippen LogP contribution in [0.25, 0.3) is 0 Å². The number of halogens is 2. The minimum Gasteiger partial charge on any atom is -0.479 e. The Morgan fingerprint density at radius 2 is 1.80 bits per heavy atom. The van der Waals surface area contributed by atoms with Gasteiger partial charge < -0.3 is 14.8 Å². The largest absolute Gasteiger partial charge is 0.479 e. The fraction of sp³-hybridized carbons (Fsp3) is 0.222. The lowest BCUT2D eigenvalue weighted by molar-refractivity contribution is -0.153. The SMILES string of the molecule is Cc1ccc(NC(=O)COC(=O)[C@@H](C)Oc2ccc(Cl)cc2)c(Cl)c1. The highest BCUT2D eigenvalue weighted by molar-refractivity contribution is 6.33. The molecule has 0 spiro atoms. The monoisotopic (exact) mass is 381 g/mol. The van der Waals surface area contributed by atoms with Crippen LogP contribution in [0.15, 0.2) is 42.5 Å². The number of hydrogen-bond acceptors (Lipinski definition) is 4. The van der Waals surface area contributed by atoms with Gasteiger partial charge in [0.2, 0.25) is 0 Å². The van der Waals surface area contributed by atoms with Crippen molar-refractivity contribution in [2.24, 2.45) is 0 Å². The lowest BCUT2D eigenvalue weighted by atomic mass is 10.2. The van der Waals surface area contributed by atoms with E-state index in [-0.39, 0.29) is 0 Å². The molecular formula is C18H17Cl2NO4. The quantitative estimate of drug-likeness (QED) is 0.759. The smallest absolute Gasteiger partial charge is 0.347 e. The molecule has 0 aromatic heterocycles. The number of rotatable bonds is 6. The minimum atomic E-state index is -0.864. The molecular weight excluding hydrogens is 365 g/mol. The van der Waals surface area contributed by atoms with Crippen LogP contribution in [0.4, 0.5) is 5.69 Å². The van der Waals surface area contributed by atoms with Crippen LogP contribution < -0.4 is 10.1 Å². The number of carbonyl (C=O) groups is 2. The average molecular weight is 382 g/mol. The number of hydrogen-bond donors (Lipinski definition) is 1. The van der Waals surface area contributed by atoms with Crippen LogP contribution >= 0.6 is 23.2 Å². The molecule has 2 aromatic rings. The van der Waals surface area contributed by atoms with E-state index in [1.165, 1.54) is 6.92 Å². The molecule has 132 valence electrons. The van der Waals surface area contributed by atoms with E-state index in [1.807, 2.05) is 13.0 Å². The fourth-order valence-corrected chi connectivity index (χ4v) is 2.34. The van der Waals surface area contributed by atoms with Crippen molar-refractivity contribution in [3.8, 4) is 5.75 Å². The highest BCUT2D eigenvalue weighted by atomic mass is 35.5. The second kappa shape index (κ2) is 8.74. The van der Waals surface area contributed by atoms with Crippen LogP contribution in [-0.2, 0) is 14.3 Å². The molecule has 2 rings (SSSR count). The minimum absolute atomic E-state index is 0.416. The fourth-order valence-electron chi connectivity index (χ4n) is 1.93. The molecule has 0 bridgehead atoms. The van der Waals surface area contributed by atoms with Gasteiger partial charge in [0.15, 0.2) is 12.7 Å². The molecule has 0 aliphatic carbocycles. The molecule has 7 heteroatoms. The summed E-state index contributed by atoms with van der Waals surface area (Å²) < 4.78 is 10.4. The van der Waals surface area contributed by atoms with Gasteiger partial charge in [-0.05, 0) is 55.8 Å². The van der Waals surface area contributed by atoms with Crippen molar-refractivity contribution in [3.05, 3.63) is 58.1 Å². The van der Waals surface area contributed by atoms with E-state index in [2.05, 4.69) is 5.32 Å². The Kier molecular flexibility index (Phi) is 6.67. The molecule has 1 N–H and O–H groups in total. The number of nitrogens with one attached hydrogen (secondary N) is 1. The summed E-state index contributed by atoms with van der Waals surface area (Å²) in [6.07, 6.45) is -0.864. The van der Waals surface area contributed by atoms with E-state index in [9.17, 15) is 9.59 Å². The van der Waals surface area contributed by atoms with Gasteiger partial charge in [0.1, 0.15) is 5.75 Å². The van der Waals surface area contributed by atoms with Crippen LogP contribution in [0.2, 0.25) is 10.0 Å². The maximum Gasteiger partial charge on any atom is 0.347 e. The van der Waals surface area contributed by atoms with Gasteiger partial charge in [-0.15, -0.1) is 0 Å². The molecule has 1 atom stereocenters. The second-order valence-electron chi connectivity index (χ2n) is 5.35. The molecule has 0 saturated carbocycles.